The number of nitrogens with one attached hydrogen (secondary N) is 1. The number of aryl methyl sites for hydroxylation is 1. The molecule has 2 heterocycles. The van der Waals surface area contributed by atoms with Crippen LogP contribution in [0.2, 0.25) is 0 Å². The molecule has 0 bridgehead atoms. The van der Waals surface area contributed by atoms with E-state index in [4.69, 9.17) is 4.74 Å². The van der Waals surface area contributed by atoms with Gasteiger partial charge in [0.25, 0.3) is 10.2 Å². The molecule has 1 fully saturated rings. The summed E-state index contributed by atoms with van der Waals surface area (Å²) in [6.45, 7) is 7.58. The summed E-state index contributed by atoms with van der Waals surface area (Å²) in [5.41, 5.74) is 0.908. The smallest absolute Gasteiger partial charge is 0.282 e. The average Bonchev–Trinajstić information content (AvgIpc) is 2.86. The summed E-state index contributed by atoms with van der Waals surface area (Å²) in [6.07, 6.45) is 1.70. The van der Waals surface area contributed by atoms with Gasteiger partial charge in [0.2, 0.25) is 0 Å². The first-order chi connectivity index (χ1) is 9.50. The molecule has 0 spiro atoms. The van der Waals surface area contributed by atoms with E-state index in [1.54, 1.807) is 6.20 Å². The maximum absolute atomic E-state index is 12.7. The van der Waals surface area contributed by atoms with Crippen LogP contribution in [-0.4, -0.2) is 59.8 Å². The van der Waals surface area contributed by atoms with Crippen molar-refractivity contribution in [2.45, 2.75) is 26.8 Å². The Bertz CT molecular complexity index is 539. The van der Waals surface area contributed by atoms with Gasteiger partial charge >= 0.3 is 0 Å². The van der Waals surface area contributed by atoms with E-state index in [9.17, 15) is 8.42 Å². The molecule has 0 radical (unpaired) electrons. The molecule has 1 saturated heterocycles. The Morgan fingerprint density at radius 1 is 1.50 bits per heavy atom. The molecule has 114 valence electrons. The van der Waals surface area contributed by atoms with Gasteiger partial charge in [0.1, 0.15) is 11.9 Å². The van der Waals surface area contributed by atoms with Crippen LogP contribution in [0.25, 0.3) is 0 Å². The maximum Gasteiger partial charge on any atom is 0.282 e. The number of morpholine rings is 1. The van der Waals surface area contributed by atoms with E-state index < -0.39 is 10.2 Å². The Morgan fingerprint density at radius 3 is 2.75 bits per heavy atom. The van der Waals surface area contributed by atoms with Gasteiger partial charge in [-0.25, -0.2) is 4.98 Å². The molecule has 1 aromatic rings. The van der Waals surface area contributed by atoms with Crippen LogP contribution in [0, 0.1) is 6.92 Å². The van der Waals surface area contributed by atoms with Crippen molar-refractivity contribution in [3.8, 4) is 0 Å². The summed E-state index contributed by atoms with van der Waals surface area (Å²) in [6, 6.07) is -0.386. The molecule has 1 unspecified atom stereocenters. The minimum Gasteiger partial charge on any atom is -0.378 e. The highest BCUT2D eigenvalue weighted by atomic mass is 32.2. The lowest BCUT2D eigenvalue weighted by molar-refractivity contribution is 0.0265. The molecule has 0 aliphatic carbocycles. The molecule has 1 aliphatic heterocycles. The first-order valence-corrected chi connectivity index (χ1v) is 8.26. The first kappa shape index (κ1) is 15.4. The molecular weight excluding hydrogens is 280 g/mol. The van der Waals surface area contributed by atoms with Gasteiger partial charge in [-0.3, -0.25) is 0 Å². The zero-order valence-electron chi connectivity index (χ0n) is 12.2. The summed E-state index contributed by atoms with van der Waals surface area (Å²) < 4.78 is 33.8. The summed E-state index contributed by atoms with van der Waals surface area (Å²) >= 11 is 0. The van der Waals surface area contributed by atoms with Crippen molar-refractivity contribution in [1.29, 1.82) is 0 Å². The third kappa shape index (κ3) is 2.88. The second-order valence-corrected chi connectivity index (χ2v) is 6.63. The highest BCUT2D eigenvalue weighted by Gasteiger charge is 2.38. The molecule has 1 aromatic heterocycles. The van der Waals surface area contributed by atoms with E-state index in [2.05, 4.69) is 9.97 Å². The van der Waals surface area contributed by atoms with Gasteiger partial charge in [0.05, 0.1) is 13.2 Å². The molecule has 0 aromatic carbocycles. The third-order valence-electron chi connectivity index (χ3n) is 3.45. The molecule has 0 amide bonds. The molecule has 1 N–H and O–H groups in total. The maximum atomic E-state index is 12.7. The van der Waals surface area contributed by atoms with Gasteiger partial charge in [-0.15, -0.1) is 0 Å². The summed E-state index contributed by atoms with van der Waals surface area (Å²) in [5, 5.41) is 0. The van der Waals surface area contributed by atoms with E-state index in [1.165, 1.54) is 8.61 Å². The van der Waals surface area contributed by atoms with Crippen molar-refractivity contribution in [3.05, 3.63) is 17.7 Å². The number of rotatable bonds is 5. The average molecular weight is 302 g/mol. The zero-order valence-corrected chi connectivity index (χ0v) is 13.0. The van der Waals surface area contributed by atoms with E-state index in [0.29, 0.717) is 38.7 Å². The quantitative estimate of drug-likeness (QED) is 0.867. The minimum atomic E-state index is -3.49. The topological polar surface area (TPSA) is 78.5 Å². The number of hydrogen-bond donors (Lipinski definition) is 1. The van der Waals surface area contributed by atoms with Crippen molar-refractivity contribution in [2.75, 3.05) is 32.8 Å². The lowest BCUT2D eigenvalue weighted by Gasteiger charge is -2.36. The number of H-pyrrole nitrogens is 1. The molecule has 20 heavy (non-hydrogen) atoms. The normalized spacial score (nSPS) is 21.5. The zero-order chi connectivity index (χ0) is 14.8. The molecule has 2 rings (SSSR count). The van der Waals surface area contributed by atoms with Crippen molar-refractivity contribution in [3.63, 3.8) is 0 Å². The second-order valence-electron chi connectivity index (χ2n) is 4.74. The van der Waals surface area contributed by atoms with E-state index in [1.807, 2.05) is 20.8 Å². The Balaban J connectivity index is 2.31. The largest absolute Gasteiger partial charge is 0.378 e. The lowest BCUT2D eigenvalue weighted by Crippen LogP contribution is -2.50. The van der Waals surface area contributed by atoms with E-state index in [-0.39, 0.29) is 6.04 Å². The van der Waals surface area contributed by atoms with Gasteiger partial charge in [-0.05, 0) is 6.92 Å². The van der Waals surface area contributed by atoms with Crippen molar-refractivity contribution in [2.24, 2.45) is 0 Å². The number of aromatic nitrogens is 2. The predicted octanol–water partition coefficient (Wildman–Crippen LogP) is 0.678. The standard InChI is InChI=1S/C12H22N4O3S/c1-4-15(5-2)20(17,18)16-6-7-19-9-11(16)12-13-8-10(3)14-12/h8,11H,4-7,9H2,1-3H3,(H,13,14). The van der Waals surface area contributed by atoms with Crippen molar-refractivity contribution < 1.29 is 13.2 Å². The van der Waals surface area contributed by atoms with Crippen LogP contribution in [0.3, 0.4) is 0 Å². The summed E-state index contributed by atoms with van der Waals surface area (Å²) in [5.74, 6) is 0.637. The van der Waals surface area contributed by atoms with Gasteiger partial charge in [-0.2, -0.15) is 17.0 Å². The Labute approximate surface area is 120 Å². The van der Waals surface area contributed by atoms with Crippen molar-refractivity contribution in [1.82, 2.24) is 18.6 Å². The molecule has 0 saturated carbocycles. The monoisotopic (exact) mass is 302 g/mol. The predicted molar refractivity (Wildman–Crippen MR) is 75.4 cm³/mol. The molecular formula is C12H22N4O3S. The fourth-order valence-corrected chi connectivity index (χ4v) is 4.12. The highest BCUT2D eigenvalue weighted by molar-refractivity contribution is 7.86. The van der Waals surface area contributed by atoms with Gasteiger partial charge in [0.15, 0.2) is 0 Å². The lowest BCUT2D eigenvalue weighted by atomic mass is 10.2. The first-order valence-electron chi connectivity index (χ1n) is 6.86. The number of imidazole rings is 1. The van der Waals surface area contributed by atoms with Crippen LogP contribution in [0.4, 0.5) is 0 Å². The van der Waals surface area contributed by atoms with Gasteiger partial charge in [0, 0.05) is 31.5 Å². The Kier molecular flexibility index (Phi) is 4.79. The fourth-order valence-electron chi connectivity index (χ4n) is 2.38. The number of aromatic amines is 1. The fraction of sp³-hybridized carbons (Fsp3) is 0.750. The van der Waals surface area contributed by atoms with Crippen LogP contribution in [-0.2, 0) is 14.9 Å². The van der Waals surface area contributed by atoms with Crippen LogP contribution >= 0.6 is 0 Å². The van der Waals surface area contributed by atoms with Crippen LogP contribution in [0.15, 0.2) is 6.20 Å². The number of ether oxygens (including phenoxy) is 1. The SMILES string of the molecule is CCN(CC)S(=O)(=O)N1CCOCC1c1ncc(C)[nH]1. The summed E-state index contributed by atoms with van der Waals surface area (Å²) in [7, 11) is -3.49. The second kappa shape index (κ2) is 6.21. The Morgan fingerprint density at radius 2 is 2.20 bits per heavy atom. The minimum absolute atomic E-state index is 0.327. The van der Waals surface area contributed by atoms with Crippen molar-refractivity contribution >= 4 is 10.2 Å². The van der Waals surface area contributed by atoms with Crippen LogP contribution < -0.4 is 0 Å². The van der Waals surface area contributed by atoms with Gasteiger partial charge in [-0.1, -0.05) is 13.8 Å². The molecule has 7 nitrogen and oxygen atoms in total. The van der Waals surface area contributed by atoms with Crippen LogP contribution in [0.5, 0.6) is 0 Å². The molecule has 1 aliphatic rings. The number of hydrogen-bond acceptors (Lipinski definition) is 4. The third-order valence-corrected chi connectivity index (χ3v) is 5.64. The Hall–Kier alpha value is -0.960. The van der Waals surface area contributed by atoms with E-state index in [0.717, 1.165) is 5.69 Å². The molecule has 8 heteroatoms. The van der Waals surface area contributed by atoms with E-state index >= 15 is 0 Å². The number of nitrogens with zero attached hydrogens (tertiary/aromatic N) is 3. The summed E-state index contributed by atoms with van der Waals surface area (Å²) in [4.78, 5) is 7.36. The van der Waals surface area contributed by atoms with Crippen LogP contribution in [0.1, 0.15) is 31.4 Å². The molecule has 1 atom stereocenters. The highest BCUT2D eigenvalue weighted by Crippen LogP contribution is 2.26. The van der Waals surface area contributed by atoms with Gasteiger partial charge < -0.3 is 9.72 Å².